The third kappa shape index (κ3) is 3.93. The van der Waals surface area contributed by atoms with E-state index >= 15 is 0 Å². The van der Waals surface area contributed by atoms with E-state index in [0.717, 1.165) is 17.5 Å². The SMILES string of the molecule is Cc1cccc(CNC(=O)c2cccc(CCN)c2)c1. The molecule has 0 radical (unpaired) electrons. The number of carbonyl (C=O) groups is 1. The summed E-state index contributed by atoms with van der Waals surface area (Å²) < 4.78 is 0. The van der Waals surface area contributed by atoms with Gasteiger partial charge in [-0.05, 0) is 43.1 Å². The fourth-order valence-corrected chi connectivity index (χ4v) is 2.14. The molecule has 0 saturated heterocycles. The summed E-state index contributed by atoms with van der Waals surface area (Å²) >= 11 is 0. The van der Waals surface area contributed by atoms with E-state index in [2.05, 4.69) is 11.4 Å². The first-order chi connectivity index (χ1) is 9.69. The number of carbonyl (C=O) groups excluding carboxylic acids is 1. The van der Waals surface area contributed by atoms with Gasteiger partial charge in [0.2, 0.25) is 0 Å². The molecule has 104 valence electrons. The van der Waals surface area contributed by atoms with Gasteiger partial charge < -0.3 is 11.1 Å². The number of rotatable bonds is 5. The highest BCUT2D eigenvalue weighted by Gasteiger charge is 2.05. The maximum Gasteiger partial charge on any atom is 0.251 e. The third-order valence-corrected chi connectivity index (χ3v) is 3.16. The van der Waals surface area contributed by atoms with E-state index in [9.17, 15) is 4.79 Å². The van der Waals surface area contributed by atoms with Crippen molar-refractivity contribution in [3.63, 3.8) is 0 Å². The predicted molar refractivity (Wildman–Crippen MR) is 81.5 cm³/mol. The van der Waals surface area contributed by atoms with Crippen LogP contribution in [0.2, 0.25) is 0 Å². The van der Waals surface area contributed by atoms with Gasteiger partial charge in [-0.2, -0.15) is 0 Å². The minimum Gasteiger partial charge on any atom is -0.348 e. The number of hydrogen-bond acceptors (Lipinski definition) is 2. The quantitative estimate of drug-likeness (QED) is 0.875. The highest BCUT2D eigenvalue weighted by molar-refractivity contribution is 5.94. The molecule has 0 unspecified atom stereocenters. The zero-order chi connectivity index (χ0) is 14.4. The number of aryl methyl sites for hydroxylation is 1. The molecule has 3 nitrogen and oxygen atoms in total. The summed E-state index contributed by atoms with van der Waals surface area (Å²) in [6.45, 7) is 3.18. The molecule has 0 spiro atoms. The van der Waals surface area contributed by atoms with Crippen molar-refractivity contribution in [3.05, 3.63) is 70.8 Å². The lowest BCUT2D eigenvalue weighted by Gasteiger charge is -2.07. The molecule has 1 amide bonds. The van der Waals surface area contributed by atoms with E-state index in [1.165, 1.54) is 5.56 Å². The summed E-state index contributed by atoms with van der Waals surface area (Å²) in [6.07, 6.45) is 0.791. The van der Waals surface area contributed by atoms with Crippen LogP contribution >= 0.6 is 0 Å². The molecular weight excluding hydrogens is 248 g/mol. The molecule has 2 aromatic carbocycles. The van der Waals surface area contributed by atoms with Gasteiger partial charge >= 0.3 is 0 Å². The van der Waals surface area contributed by atoms with E-state index in [-0.39, 0.29) is 5.91 Å². The van der Waals surface area contributed by atoms with Crippen molar-refractivity contribution >= 4 is 5.91 Å². The molecule has 0 aromatic heterocycles. The van der Waals surface area contributed by atoms with E-state index < -0.39 is 0 Å². The fourth-order valence-electron chi connectivity index (χ4n) is 2.14. The number of amides is 1. The average molecular weight is 268 g/mol. The Balaban J connectivity index is 1.99. The molecule has 0 aliphatic rings. The van der Waals surface area contributed by atoms with Gasteiger partial charge in [0, 0.05) is 12.1 Å². The van der Waals surface area contributed by atoms with Crippen LogP contribution in [-0.4, -0.2) is 12.5 Å². The van der Waals surface area contributed by atoms with Gasteiger partial charge in [0.1, 0.15) is 0 Å². The molecule has 0 atom stereocenters. The van der Waals surface area contributed by atoms with Crippen molar-refractivity contribution < 1.29 is 4.79 Å². The fraction of sp³-hybridized carbons (Fsp3) is 0.235. The summed E-state index contributed by atoms with van der Waals surface area (Å²) in [5.74, 6) is -0.0506. The summed E-state index contributed by atoms with van der Waals surface area (Å²) in [5, 5.41) is 2.94. The van der Waals surface area contributed by atoms with Gasteiger partial charge in [-0.1, -0.05) is 42.0 Å². The monoisotopic (exact) mass is 268 g/mol. The molecular formula is C17H20N2O. The predicted octanol–water partition coefficient (Wildman–Crippen LogP) is 2.43. The smallest absolute Gasteiger partial charge is 0.251 e. The van der Waals surface area contributed by atoms with E-state index in [1.54, 1.807) is 0 Å². The first kappa shape index (κ1) is 14.3. The topological polar surface area (TPSA) is 55.1 Å². The minimum atomic E-state index is -0.0506. The molecule has 2 aromatic rings. The van der Waals surface area contributed by atoms with E-state index in [4.69, 9.17) is 5.73 Å². The van der Waals surface area contributed by atoms with Crippen molar-refractivity contribution in [2.75, 3.05) is 6.54 Å². The Labute approximate surface area is 119 Å². The number of benzene rings is 2. The Hall–Kier alpha value is -2.13. The molecule has 0 aliphatic heterocycles. The first-order valence-electron chi connectivity index (χ1n) is 6.82. The van der Waals surface area contributed by atoms with Crippen LogP contribution in [0, 0.1) is 6.92 Å². The third-order valence-electron chi connectivity index (χ3n) is 3.16. The minimum absolute atomic E-state index is 0.0506. The second-order valence-corrected chi connectivity index (χ2v) is 4.91. The maximum absolute atomic E-state index is 12.1. The van der Waals surface area contributed by atoms with Gasteiger partial charge in [-0.15, -0.1) is 0 Å². The average Bonchev–Trinajstić information content (AvgIpc) is 2.45. The molecule has 3 heteroatoms. The van der Waals surface area contributed by atoms with Crippen LogP contribution in [0.1, 0.15) is 27.0 Å². The van der Waals surface area contributed by atoms with Crippen molar-refractivity contribution in [2.45, 2.75) is 19.9 Å². The molecule has 0 aliphatic carbocycles. The molecule has 3 N–H and O–H groups in total. The molecule has 0 saturated carbocycles. The van der Waals surface area contributed by atoms with Crippen LogP contribution in [0.25, 0.3) is 0 Å². The van der Waals surface area contributed by atoms with Gasteiger partial charge in [-0.25, -0.2) is 0 Å². The lowest BCUT2D eigenvalue weighted by molar-refractivity contribution is 0.0951. The largest absolute Gasteiger partial charge is 0.348 e. The molecule has 0 bridgehead atoms. The number of hydrogen-bond donors (Lipinski definition) is 2. The van der Waals surface area contributed by atoms with Gasteiger partial charge in [-0.3, -0.25) is 4.79 Å². The van der Waals surface area contributed by atoms with Crippen molar-refractivity contribution in [2.24, 2.45) is 5.73 Å². The van der Waals surface area contributed by atoms with Crippen molar-refractivity contribution in [3.8, 4) is 0 Å². The second-order valence-electron chi connectivity index (χ2n) is 4.91. The van der Waals surface area contributed by atoms with Crippen LogP contribution in [0.3, 0.4) is 0 Å². The highest BCUT2D eigenvalue weighted by Crippen LogP contribution is 2.07. The summed E-state index contributed by atoms with van der Waals surface area (Å²) in [6, 6.07) is 15.7. The second kappa shape index (κ2) is 6.87. The standard InChI is InChI=1S/C17H20N2O/c1-13-4-2-6-15(10-13)12-19-17(20)16-7-3-5-14(11-16)8-9-18/h2-7,10-11H,8-9,12,18H2,1H3,(H,19,20). The first-order valence-corrected chi connectivity index (χ1v) is 6.82. The van der Waals surface area contributed by atoms with Crippen LogP contribution in [0.4, 0.5) is 0 Å². The Morgan fingerprint density at radius 2 is 1.85 bits per heavy atom. The molecule has 0 heterocycles. The summed E-state index contributed by atoms with van der Waals surface area (Å²) in [5.41, 5.74) is 9.62. The van der Waals surface area contributed by atoms with Gasteiger partial charge in [0.05, 0.1) is 0 Å². The molecule has 2 rings (SSSR count). The maximum atomic E-state index is 12.1. The van der Waals surface area contributed by atoms with Gasteiger partial charge in [0.25, 0.3) is 5.91 Å². The Morgan fingerprint density at radius 3 is 2.60 bits per heavy atom. The zero-order valence-electron chi connectivity index (χ0n) is 11.7. The van der Waals surface area contributed by atoms with E-state index in [1.807, 2.05) is 49.4 Å². The zero-order valence-corrected chi connectivity index (χ0v) is 11.7. The Morgan fingerprint density at radius 1 is 1.10 bits per heavy atom. The summed E-state index contributed by atoms with van der Waals surface area (Å²) in [4.78, 5) is 12.1. The highest BCUT2D eigenvalue weighted by atomic mass is 16.1. The number of nitrogens with one attached hydrogen (secondary N) is 1. The van der Waals surface area contributed by atoms with Crippen molar-refractivity contribution in [1.82, 2.24) is 5.32 Å². The van der Waals surface area contributed by atoms with Crippen LogP contribution in [0.5, 0.6) is 0 Å². The van der Waals surface area contributed by atoms with Crippen LogP contribution < -0.4 is 11.1 Å². The molecule has 0 fully saturated rings. The molecule has 20 heavy (non-hydrogen) atoms. The Bertz CT molecular complexity index is 593. The summed E-state index contributed by atoms with van der Waals surface area (Å²) in [7, 11) is 0. The number of nitrogens with two attached hydrogens (primary N) is 1. The lowest BCUT2D eigenvalue weighted by Crippen LogP contribution is -2.23. The van der Waals surface area contributed by atoms with Crippen LogP contribution in [0.15, 0.2) is 48.5 Å². The van der Waals surface area contributed by atoms with Gasteiger partial charge in [0.15, 0.2) is 0 Å². The van der Waals surface area contributed by atoms with Crippen LogP contribution in [-0.2, 0) is 13.0 Å². The lowest BCUT2D eigenvalue weighted by atomic mass is 10.1. The van der Waals surface area contributed by atoms with E-state index in [0.29, 0.717) is 18.7 Å². The Kier molecular flexibility index (Phi) is 4.91. The van der Waals surface area contributed by atoms with Crippen molar-refractivity contribution in [1.29, 1.82) is 0 Å². The normalized spacial score (nSPS) is 10.3.